The van der Waals surface area contributed by atoms with Crippen LogP contribution in [0.15, 0.2) is 66.9 Å². The van der Waals surface area contributed by atoms with Gasteiger partial charge in [0.05, 0.1) is 23.4 Å². The second kappa shape index (κ2) is 8.18. The number of anilines is 1. The van der Waals surface area contributed by atoms with Gasteiger partial charge in [-0.2, -0.15) is 0 Å². The maximum absolute atomic E-state index is 12.4. The number of pyridine rings is 1. The molecule has 1 unspecified atom stereocenters. The van der Waals surface area contributed by atoms with Crippen molar-refractivity contribution in [1.29, 1.82) is 0 Å². The van der Waals surface area contributed by atoms with Crippen molar-refractivity contribution in [1.82, 2.24) is 15.2 Å². The number of amides is 2. The molecule has 1 saturated heterocycles. The normalized spacial score (nSPS) is 15.6. The summed E-state index contributed by atoms with van der Waals surface area (Å²) < 4.78 is 0. The van der Waals surface area contributed by atoms with Gasteiger partial charge in [-0.1, -0.05) is 48.5 Å². The van der Waals surface area contributed by atoms with Crippen LogP contribution in [0, 0.1) is 0 Å². The summed E-state index contributed by atoms with van der Waals surface area (Å²) in [7, 11) is 0. The zero-order valence-corrected chi connectivity index (χ0v) is 15.3. The van der Waals surface area contributed by atoms with Gasteiger partial charge in [0.1, 0.15) is 0 Å². The minimum absolute atomic E-state index is 0.202. The molecule has 2 heterocycles. The number of likely N-dealkylation sites (tertiary alicyclic amines) is 1. The van der Waals surface area contributed by atoms with Gasteiger partial charge < -0.3 is 10.6 Å². The van der Waals surface area contributed by atoms with E-state index < -0.39 is 0 Å². The molecule has 3 aromatic rings. The predicted octanol–water partition coefficient (Wildman–Crippen LogP) is 4.19. The molecular weight excluding hydrogens is 336 g/mol. The number of urea groups is 1. The van der Waals surface area contributed by atoms with Crippen molar-refractivity contribution in [2.24, 2.45) is 0 Å². The van der Waals surface area contributed by atoms with Crippen LogP contribution in [0.3, 0.4) is 0 Å². The number of carbonyl (C=O) groups is 1. The zero-order valence-electron chi connectivity index (χ0n) is 15.3. The number of rotatable bonds is 5. The van der Waals surface area contributed by atoms with E-state index in [9.17, 15) is 4.79 Å². The average Bonchev–Trinajstić information content (AvgIpc) is 3.23. The van der Waals surface area contributed by atoms with Crippen molar-refractivity contribution < 1.29 is 4.79 Å². The molecule has 1 aliphatic heterocycles. The maximum Gasteiger partial charge on any atom is 0.319 e. The van der Waals surface area contributed by atoms with E-state index in [0.29, 0.717) is 12.2 Å². The second-order valence-electron chi connectivity index (χ2n) is 6.92. The van der Waals surface area contributed by atoms with E-state index in [1.165, 1.54) is 18.4 Å². The van der Waals surface area contributed by atoms with Crippen molar-refractivity contribution in [3.63, 3.8) is 0 Å². The highest BCUT2D eigenvalue weighted by molar-refractivity contribution is 5.91. The first-order valence-electron chi connectivity index (χ1n) is 9.48. The average molecular weight is 360 g/mol. The van der Waals surface area contributed by atoms with Gasteiger partial charge in [-0.05, 0) is 43.6 Å². The molecule has 0 bridgehead atoms. The molecule has 2 N–H and O–H groups in total. The Labute approximate surface area is 159 Å². The standard InChI is InChI=1S/C22H24N4O/c27-22(25-19-14-18-10-4-5-11-20(18)23-15-19)24-16-21(26-12-6-7-13-26)17-8-2-1-3-9-17/h1-5,8-11,14-15,21H,6-7,12-13,16H2,(H2,24,25,27). The van der Waals surface area contributed by atoms with Crippen LogP contribution in [0.1, 0.15) is 24.4 Å². The lowest BCUT2D eigenvalue weighted by molar-refractivity contribution is 0.227. The molecule has 1 aromatic heterocycles. The van der Waals surface area contributed by atoms with Crippen LogP contribution >= 0.6 is 0 Å². The first-order chi connectivity index (χ1) is 13.3. The van der Waals surface area contributed by atoms with Crippen LogP contribution in [0.4, 0.5) is 10.5 Å². The van der Waals surface area contributed by atoms with Crippen molar-refractivity contribution in [2.75, 3.05) is 25.0 Å². The molecule has 138 valence electrons. The van der Waals surface area contributed by atoms with Crippen molar-refractivity contribution in [3.05, 3.63) is 72.4 Å². The van der Waals surface area contributed by atoms with E-state index in [0.717, 1.165) is 24.0 Å². The number of aromatic nitrogens is 1. The minimum Gasteiger partial charge on any atom is -0.336 e. The fraction of sp³-hybridized carbons (Fsp3) is 0.273. The number of carbonyl (C=O) groups excluding carboxylic acids is 1. The number of fused-ring (bicyclic) bond motifs is 1. The SMILES string of the molecule is O=C(NCC(c1ccccc1)N1CCCC1)Nc1cnc2ccccc2c1. The van der Waals surface area contributed by atoms with Crippen LogP contribution in [0.2, 0.25) is 0 Å². The summed E-state index contributed by atoms with van der Waals surface area (Å²) in [5, 5.41) is 6.94. The van der Waals surface area contributed by atoms with Crippen molar-refractivity contribution in [2.45, 2.75) is 18.9 Å². The van der Waals surface area contributed by atoms with Crippen LogP contribution in [-0.4, -0.2) is 35.5 Å². The van der Waals surface area contributed by atoms with Crippen molar-refractivity contribution >= 4 is 22.6 Å². The van der Waals surface area contributed by atoms with Gasteiger partial charge in [0.2, 0.25) is 0 Å². The van der Waals surface area contributed by atoms with Crippen LogP contribution in [0.25, 0.3) is 10.9 Å². The smallest absolute Gasteiger partial charge is 0.319 e. The van der Waals surface area contributed by atoms with Crippen LogP contribution < -0.4 is 10.6 Å². The van der Waals surface area contributed by atoms with Gasteiger partial charge in [0.25, 0.3) is 0 Å². The summed E-state index contributed by atoms with van der Waals surface area (Å²) in [5.74, 6) is 0. The van der Waals surface area contributed by atoms with Gasteiger partial charge in [0, 0.05) is 11.9 Å². The number of nitrogens with one attached hydrogen (secondary N) is 2. The fourth-order valence-electron chi connectivity index (χ4n) is 3.69. The Morgan fingerprint density at radius 1 is 1.04 bits per heavy atom. The Morgan fingerprint density at radius 3 is 2.59 bits per heavy atom. The van der Waals surface area contributed by atoms with E-state index in [-0.39, 0.29) is 12.1 Å². The van der Waals surface area contributed by atoms with Gasteiger partial charge in [-0.3, -0.25) is 9.88 Å². The number of hydrogen-bond donors (Lipinski definition) is 2. The number of hydrogen-bond acceptors (Lipinski definition) is 3. The predicted molar refractivity (Wildman–Crippen MR) is 109 cm³/mol. The molecule has 1 atom stereocenters. The van der Waals surface area contributed by atoms with Crippen LogP contribution in [-0.2, 0) is 0 Å². The molecule has 0 radical (unpaired) electrons. The summed E-state index contributed by atoms with van der Waals surface area (Å²) in [6.07, 6.45) is 4.13. The topological polar surface area (TPSA) is 57.3 Å². The number of para-hydroxylation sites is 1. The first kappa shape index (κ1) is 17.5. The molecule has 1 fully saturated rings. The highest BCUT2D eigenvalue weighted by atomic mass is 16.2. The fourth-order valence-corrected chi connectivity index (χ4v) is 3.69. The molecule has 4 rings (SSSR count). The highest BCUT2D eigenvalue weighted by Gasteiger charge is 2.23. The molecule has 0 aliphatic carbocycles. The molecule has 1 aliphatic rings. The van der Waals surface area contributed by atoms with Gasteiger partial charge in [-0.15, -0.1) is 0 Å². The molecule has 5 heteroatoms. The van der Waals surface area contributed by atoms with E-state index in [1.807, 2.05) is 36.4 Å². The molecule has 27 heavy (non-hydrogen) atoms. The van der Waals surface area contributed by atoms with E-state index in [2.05, 4.69) is 44.8 Å². The van der Waals surface area contributed by atoms with Gasteiger partial charge >= 0.3 is 6.03 Å². The number of nitrogens with zero attached hydrogens (tertiary/aromatic N) is 2. The molecular formula is C22H24N4O. The zero-order chi connectivity index (χ0) is 18.5. The second-order valence-corrected chi connectivity index (χ2v) is 6.92. The third-order valence-electron chi connectivity index (χ3n) is 5.07. The van der Waals surface area contributed by atoms with Crippen LogP contribution in [0.5, 0.6) is 0 Å². The largest absolute Gasteiger partial charge is 0.336 e. The Hall–Kier alpha value is -2.92. The lowest BCUT2D eigenvalue weighted by Gasteiger charge is -2.28. The Kier molecular flexibility index (Phi) is 5.30. The molecule has 0 spiro atoms. The molecule has 2 amide bonds. The summed E-state index contributed by atoms with van der Waals surface area (Å²) in [6, 6.07) is 20.2. The lowest BCUT2D eigenvalue weighted by atomic mass is 10.1. The minimum atomic E-state index is -0.202. The summed E-state index contributed by atoms with van der Waals surface area (Å²) in [6.45, 7) is 2.74. The van der Waals surface area contributed by atoms with E-state index >= 15 is 0 Å². The third-order valence-corrected chi connectivity index (χ3v) is 5.07. The van der Waals surface area contributed by atoms with E-state index in [4.69, 9.17) is 0 Å². The lowest BCUT2D eigenvalue weighted by Crippen LogP contribution is -2.38. The summed E-state index contributed by atoms with van der Waals surface area (Å²) in [4.78, 5) is 19.3. The monoisotopic (exact) mass is 360 g/mol. The van der Waals surface area contributed by atoms with Gasteiger partial charge in [0.15, 0.2) is 0 Å². The highest BCUT2D eigenvalue weighted by Crippen LogP contribution is 2.24. The number of benzene rings is 2. The van der Waals surface area contributed by atoms with Crippen molar-refractivity contribution in [3.8, 4) is 0 Å². The third kappa shape index (κ3) is 4.26. The van der Waals surface area contributed by atoms with Gasteiger partial charge in [-0.25, -0.2) is 4.79 Å². The maximum atomic E-state index is 12.4. The summed E-state index contributed by atoms with van der Waals surface area (Å²) in [5.41, 5.74) is 2.86. The first-order valence-corrected chi connectivity index (χ1v) is 9.48. The summed E-state index contributed by atoms with van der Waals surface area (Å²) >= 11 is 0. The molecule has 5 nitrogen and oxygen atoms in total. The quantitative estimate of drug-likeness (QED) is 0.717. The Bertz CT molecular complexity index is 906. The Balaban J connectivity index is 1.41. The molecule has 0 saturated carbocycles. The molecule has 2 aromatic carbocycles. The Morgan fingerprint density at radius 2 is 1.78 bits per heavy atom. The van der Waals surface area contributed by atoms with E-state index in [1.54, 1.807) is 6.20 Å².